The molecule has 24 heavy (non-hydrogen) atoms. The van der Waals surface area contributed by atoms with Crippen molar-refractivity contribution in [3.8, 4) is 0 Å². The molecule has 0 radical (unpaired) electrons. The Labute approximate surface area is 145 Å². The monoisotopic (exact) mass is 343 g/mol. The number of benzene rings is 2. The molecule has 0 heterocycles. The number of ether oxygens (including phenoxy) is 1. The van der Waals surface area contributed by atoms with Crippen LogP contribution in [0.25, 0.3) is 0 Å². The topological polar surface area (TPSA) is 38.7 Å². The van der Waals surface area contributed by atoms with Gasteiger partial charge in [0.05, 0.1) is 7.11 Å². The van der Waals surface area contributed by atoms with Crippen molar-refractivity contribution in [3.63, 3.8) is 0 Å². The van der Waals surface area contributed by atoms with Crippen molar-refractivity contribution in [3.05, 3.63) is 60.7 Å². The van der Waals surface area contributed by atoms with Crippen molar-refractivity contribution in [1.29, 1.82) is 0 Å². The largest absolute Gasteiger partial charge is 0.451 e. The molecule has 1 amide bonds. The Kier molecular flexibility index (Phi) is 6.81. The second kappa shape index (κ2) is 8.84. The number of amides is 1. The van der Waals surface area contributed by atoms with Gasteiger partial charge >= 0.3 is 6.09 Å². The van der Waals surface area contributed by atoms with Gasteiger partial charge in [0, 0.05) is 7.05 Å². The van der Waals surface area contributed by atoms with Crippen molar-refractivity contribution in [1.82, 2.24) is 0 Å². The van der Waals surface area contributed by atoms with Gasteiger partial charge in [0.15, 0.2) is 0 Å². The molecule has 2 aromatic rings. The first-order valence-corrected chi connectivity index (χ1v) is 10.3. The average molecular weight is 343 g/mol. The van der Waals surface area contributed by atoms with Crippen LogP contribution in [0.1, 0.15) is 33.1 Å². The van der Waals surface area contributed by atoms with Crippen LogP contribution in [-0.2, 0) is 4.74 Å². The molecule has 0 fully saturated rings. The van der Waals surface area contributed by atoms with E-state index < -0.39 is 13.1 Å². The molecule has 1 unspecified atom stereocenters. The van der Waals surface area contributed by atoms with Crippen molar-refractivity contribution < 1.29 is 9.53 Å². The van der Waals surface area contributed by atoms with Crippen LogP contribution in [0.4, 0.5) is 4.79 Å². The number of hydrogen-bond donors (Lipinski definition) is 0. The Hall–Kier alpha value is -1.86. The molecular formula is C20H26NO2P. The van der Waals surface area contributed by atoms with Gasteiger partial charge in [-0.05, 0) is 22.7 Å². The minimum absolute atomic E-state index is 0.279. The lowest BCUT2D eigenvalue weighted by molar-refractivity contribution is 0.183. The highest BCUT2D eigenvalue weighted by Gasteiger charge is 2.32. The molecule has 0 bridgehead atoms. The molecule has 128 valence electrons. The van der Waals surface area contributed by atoms with E-state index in [0.717, 1.165) is 29.9 Å². The quantitative estimate of drug-likeness (QED) is 0.678. The molecule has 2 rings (SSSR count). The van der Waals surface area contributed by atoms with E-state index in [0.29, 0.717) is 0 Å². The third-order valence-electron chi connectivity index (χ3n) is 4.33. The van der Waals surface area contributed by atoms with Crippen LogP contribution in [0.2, 0.25) is 0 Å². The lowest BCUT2D eigenvalue weighted by atomic mass is 10.2. The maximum atomic E-state index is 12.2. The summed E-state index contributed by atoms with van der Waals surface area (Å²) in [5, 5.41) is 2.26. The summed E-state index contributed by atoms with van der Waals surface area (Å²) >= 11 is 0. The summed E-state index contributed by atoms with van der Waals surface area (Å²) in [6.07, 6.45) is 2.80. The first-order valence-electron chi connectivity index (χ1n) is 8.46. The van der Waals surface area contributed by atoms with Crippen molar-refractivity contribution in [2.24, 2.45) is 4.74 Å². The Morgan fingerprint density at radius 1 is 1.04 bits per heavy atom. The summed E-state index contributed by atoms with van der Waals surface area (Å²) in [6, 6.07) is 20.4. The predicted molar refractivity (Wildman–Crippen MR) is 103 cm³/mol. The Balaban J connectivity index is 2.73. The van der Waals surface area contributed by atoms with E-state index in [1.165, 1.54) is 7.11 Å². The average Bonchev–Trinajstić information content (AvgIpc) is 2.65. The molecule has 0 aliphatic carbocycles. The molecule has 0 spiro atoms. The summed E-state index contributed by atoms with van der Waals surface area (Å²) in [5.41, 5.74) is 0.279. The molecule has 4 heteroatoms. The minimum atomic E-state index is -2.24. The molecule has 0 aromatic heterocycles. The van der Waals surface area contributed by atoms with Gasteiger partial charge in [-0.25, -0.2) is 4.79 Å². The highest BCUT2D eigenvalue weighted by molar-refractivity contribution is 7.81. The number of rotatable bonds is 6. The molecule has 0 aliphatic heterocycles. The van der Waals surface area contributed by atoms with Crippen LogP contribution in [0, 0.1) is 0 Å². The highest BCUT2D eigenvalue weighted by atomic mass is 31.2. The van der Waals surface area contributed by atoms with Crippen LogP contribution in [0.15, 0.2) is 65.4 Å². The van der Waals surface area contributed by atoms with Crippen LogP contribution in [0.5, 0.6) is 0 Å². The number of hydrogen-bond acceptors (Lipinski definition) is 2. The zero-order valence-corrected chi connectivity index (χ0v) is 15.6. The third kappa shape index (κ3) is 3.96. The van der Waals surface area contributed by atoms with Gasteiger partial charge in [-0.2, -0.15) is 4.74 Å². The van der Waals surface area contributed by atoms with E-state index in [1.54, 1.807) is 0 Å². The maximum absolute atomic E-state index is 12.2. The van der Waals surface area contributed by atoms with E-state index in [4.69, 9.17) is 4.74 Å². The molecule has 3 nitrogen and oxygen atoms in total. The highest BCUT2D eigenvalue weighted by Crippen LogP contribution is 2.53. The summed E-state index contributed by atoms with van der Waals surface area (Å²) in [5.74, 6) is 0. The fourth-order valence-electron chi connectivity index (χ4n) is 3.04. The van der Waals surface area contributed by atoms with Crippen LogP contribution in [0.3, 0.4) is 0 Å². The van der Waals surface area contributed by atoms with E-state index in [9.17, 15) is 4.79 Å². The number of methoxy groups -OCH3 is 1. The van der Waals surface area contributed by atoms with Gasteiger partial charge in [-0.3, -0.25) is 0 Å². The van der Waals surface area contributed by atoms with Gasteiger partial charge in [0.1, 0.15) is 0 Å². The molecule has 2 aromatic carbocycles. The molecule has 0 saturated carbocycles. The van der Waals surface area contributed by atoms with Crippen molar-refractivity contribution in [2.45, 2.75) is 38.8 Å². The molecular weight excluding hydrogens is 317 g/mol. The zero-order valence-electron chi connectivity index (χ0n) is 14.7. The van der Waals surface area contributed by atoms with Gasteiger partial charge in [0.2, 0.25) is 0 Å². The Morgan fingerprint density at radius 3 is 1.96 bits per heavy atom. The first-order chi connectivity index (χ1) is 11.6. The third-order valence-corrected chi connectivity index (χ3v) is 8.51. The minimum Gasteiger partial charge on any atom is -0.451 e. The SMILES string of the molecule is CCCCC(C)P(=NC(=O)OC)(c1ccccc1)c1ccccc1. The number of unbranched alkanes of at least 4 members (excludes halogenated alkanes) is 1. The molecule has 0 N–H and O–H groups in total. The maximum Gasteiger partial charge on any atom is 0.432 e. The second-order valence-electron chi connectivity index (χ2n) is 5.92. The van der Waals surface area contributed by atoms with Gasteiger partial charge in [-0.1, -0.05) is 87.4 Å². The van der Waals surface area contributed by atoms with Crippen LogP contribution >= 0.6 is 7.05 Å². The predicted octanol–water partition coefficient (Wildman–Crippen LogP) is 5.18. The lowest BCUT2D eigenvalue weighted by Gasteiger charge is -2.31. The molecule has 1 atom stereocenters. The zero-order chi connectivity index (χ0) is 17.4. The van der Waals surface area contributed by atoms with Gasteiger partial charge in [0.25, 0.3) is 0 Å². The Morgan fingerprint density at radius 2 is 1.54 bits per heavy atom. The number of carbonyl (C=O) groups is 1. The van der Waals surface area contributed by atoms with E-state index in [2.05, 4.69) is 42.9 Å². The first kappa shape index (κ1) is 18.5. The molecule has 0 saturated heterocycles. The fourth-order valence-corrected chi connectivity index (χ4v) is 6.93. The summed E-state index contributed by atoms with van der Waals surface area (Å²) in [6.45, 7) is 4.41. The Bertz CT molecular complexity index is 655. The van der Waals surface area contributed by atoms with Crippen LogP contribution < -0.4 is 10.6 Å². The van der Waals surface area contributed by atoms with Gasteiger partial charge in [-0.15, -0.1) is 0 Å². The normalized spacial score (nSPS) is 12.5. The molecule has 0 aliphatic rings. The summed E-state index contributed by atoms with van der Waals surface area (Å²) < 4.78 is 9.60. The fraction of sp³-hybridized carbons (Fsp3) is 0.350. The smallest absolute Gasteiger partial charge is 0.432 e. The van der Waals surface area contributed by atoms with E-state index in [-0.39, 0.29) is 5.66 Å². The van der Waals surface area contributed by atoms with Crippen LogP contribution in [-0.4, -0.2) is 18.9 Å². The summed E-state index contributed by atoms with van der Waals surface area (Å²) in [7, 11) is -0.848. The second-order valence-corrected chi connectivity index (χ2v) is 9.40. The number of carbonyl (C=O) groups excluding carboxylic acids is 1. The lowest BCUT2D eigenvalue weighted by Crippen LogP contribution is -2.25. The van der Waals surface area contributed by atoms with E-state index in [1.807, 2.05) is 36.4 Å². The number of nitrogens with zero attached hydrogens (tertiary/aromatic N) is 1. The van der Waals surface area contributed by atoms with Crippen molar-refractivity contribution in [2.75, 3.05) is 7.11 Å². The summed E-state index contributed by atoms with van der Waals surface area (Å²) in [4.78, 5) is 12.2. The van der Waals surface area contributed by atoms with Gasteiger partial charge < -0.3 is 4.74 Å². The standard InChI is InChI=1S/C20H26NO2P/c1-4-5-12-17(2)24(21-20(22)23-3,18-13-8-6-9-14-18)19-15-10-7-11-16-19/h6-11,13-17H,4-5,12H2,1-3H3. The van der Waals surface area contributed by atoms with Crippen molar-refractivity contribution >= 4 is 23.8 Å². The van der Waals surface area contributed by atoms with E-state index >= 15 is 0 Å².